The van der Waals surface area contributed by atoms with Crippen molar-refractivity contribution in [2.75, 3.05) is 12.9 Å². The van der Waals surface area contributed by atoms with Gasteiger partial charge < -0.3 is 4.74 Å². The Morgan fingerprint density at radius 3 is 2.29 bits per heavy atom. The molecule has 0 aromatic rings. The molecule has 2 atom stereocenters. The maximum Gasteiger partial charge on any atom is 0.150 e. The van der Waals surface area contributed by atoms with Crippen LogP contribution in [0.3, 0.4) is 0 Å². The third-order valence-corrected chi connectivity index (χ3v) is 4.45. The van der Waals surface area contributed by atoms with Gasteiger partial charge in [0.05, 0.1) is 11.4 Å². The molecule has 1 rings (SSSR count). The molecule has 84 valence electrons. The summed E-state index contributed by atoms with van der Waals surface area (Å²) in [7, 11) is -2.90. The van der Waals surface area contributed by atoms with Crippen molar-refractivity contribution in [3.05, 3.63) is 0 Å². The van der Waals surface area contributed by atoms with Crippen molar-refractivity contribution in [2.24, 2.45) is 5.41 Å². The second-order valence-electron chi connectivity index (χ2n) is 5.20. The Morgan fingerprint density at radius 1 is 1.29 bits per heavy atom. The maximum atomic E-state index is 11.4. The summed E-state index contributed by atoms with van der Waals surface area (Å²) in [6.45, 7) is 6.83. The number of ether oxygens (including phenoxy) is 1. The highest BCUT2D eigenvalue weighted by Gasteiger charge is 2.35. The van der Waals surface area contributed by atoms with E-state index in [0.717, 1.165) is 0 Å². The SMILES string of the molecule is CC(C)(C)C1CC(S(C)(=O)=O)CCO1. The fraction of sp³-hybridized carbons (Fsp3) is 1.00. The number of rotatable bonds is 1. The summed E-state index contributed by atoms with van der Waals surface area (Å²) in [5.41, 5.74) is 0.0311. The number of sulfone groups is 1. The topological polar surface area (TPSA) is 43.4 Å². The third kappa shape index (κ3) is 2.95. The summed E-state index contributed by atoms with van der Waals surface area (Å²) in [5, 5.41) is -0.208. The van der Waals surface area contributed by atoms with Gasteiger partial charge in [-0.2, -0.15) is 0 Å². The third-order valence-electron chi connectivity index (χ3n) is 2.81. The van der Waals surface area contributed by atoms with Crippen LogP contribution >= 0.6 is 0 Å². The summed E-state index contributed by atoms with van der Waals surface area (Å²) in [6, 6.07) is 0. The molecule has 0 amide bonds. The normalized spacial score (nSPS) is 30.3. The largest absolute Gasteiger partial charge is 0.378 e. The summed E-state index contributed by atoms with van der Waals surface area (Å²) >= 11 is 0. The van der Waals surface area contributed by atoms with Crippen molar-refractivity contribution in [3.8, 4) is 0 Å². The average molecular weight is 220 g/mol. The minimum absolute atomic E-state index is 0.0311. The monoisotopic (exact) mass is 220 g/mol. The van der Waals surface area contributed by atoms with Gasteiger partial charge in [0.25, 0.3) is 0 Å². The quantitative estimate of drug-likeness (QED) is 0.674. The van der Waals surface area contributed by atoms with Crippen molar-refractivity contribution in [3.63, 3.8) is 0 Å². The smallest absolute Gasteiger partial charge is 0.150 e. The van der Waals surface area contributed by atoms with Crippen molar-refractivity contribution < 1.29 is 13.2 Å². The van der Waals surface area contributed by atoms with E-state index in [9.17, 15) is 8.42 Å². The van der Waals surface area contributed by atoms with Gasteiger partial charge in [0.2, 0.25) is 0 Å². The lowest BCUT2D eigenvalue weighted by molar-refractivity contribution is -0.0459. The summed E-state index contributed by atoms with van der Waals surface area (Å²) < 4.78 is 28.4. The lowest BCUT2D eigenvalue weighted by atomic mass is 9.85. The van der Waals surface area contributed by atoms with Crippen LogP contribution in [0.5, 0.6) is 0 Å². The Balaban J connectivity index is 2.71. The van der Waals surface area contributed by atoms with E-state index in [0.29, 0.717) is 19.4 Å². The molecule has 0 N–H and O–H groups in total. The fourth-order valence-corrected chi connectivity index (χ4v) is 2.81. The lowest BCUT2D eigenvalue weighted by Gasteiger charge is -2.36. The van der Waals surface area contributed by atoms with Crippen molar-refractivity contribution >= 4 is 9.84 Å². The van der Waals surface area contributed by atoms with E-state index < -0.39 is 9.84 Å². The Hall–Kier alpha value is -0.0900. The molecular weight excluding hydrogens is 200 g/mol. The van der Waals surface area contributed by atoms with E-state index in [1.54, 1.807) is 0 Å². The molecule has 0 aromatic carbocycles. The second-order valence-corrected chi connectivity index (χ2v) is 7.53. The van der Waals surface area contributed by atoms with E-state index in [-0.39, 0.29) is 16.8 Å². The van der Waals surface area contributed by atoms with Gasteiger partial charge in [-0.05, 0) is 18.3 Å². The first kappa shape index (κ1) is 12.0. The van der Waals surface area contributed by atoms with Gasteiger partial charge in [-0.3, -0.25) is 0 Å². The van der Waals surface area contributed by atoms with Crippen LogP contribution < -0.4 is 0 Å². The Kier molecular flexibility index (Phi) is 3.26. The molecule has 0 aromatic heterocycles. The zero-order valence-electron chi connectivity index (χ0n) is 9.41. The molecule has 0 saturated carbocycles. The van der Waals surface area contributed by atoms with Crippen LogP contribution in [-0.2, 0) is 14.6 Å². The van der Waals surface area contributed by atoms with Crippen molar-refractivity contribution in [2.45, 2.75) is 45.0 Å². The van der Waals surface area contributed by atoms with Crippen molar-refractivity contribution in [1.29, 1.82) is 0 Å². The fourth-order valence-electron chi connectivity index (χ4n) is 1.76. The first-order valence-electron chi connectivity index (χ1n) is 5.02. The minimum Gasteiger partial charge on any atom is -0.378 e. The van der Waals surface area contributed by atoms with Gasteiger partial charge >= 0.3 is 0 Å². The van der Waals surface area contributed by atoms with Crippen LogP contribution in [0.1, 0.15) is 33.6 Å². The van der Waals surface area contributed by atoms with Gasteiger partial charge in [0, 0.05) is 12.9 Å². The zero-order chi connectivity index (χ0) is 11.0. The van der Waals surface area contributed by atoms with E-state index in [4.69, 9.17) is 4.74 Å². The number of hydrogen-bond acceptors (Lipinski definition) is 3. The average Bonchev–Trinajstić information content (AvgIpc) is 2.01. The predicted octanol–water partition coefficient (Wildman–Crippen LogP) is 1.62. The number of hydrogen-bond donors (Lipinski definition) is 0. The molecule has 3 nitrogen and oxygen atoms in total. The van der Waals surface area contributed by atoms with E-state index in [1.807, 2.05) is 0 Å². The molecule has 1 heterocycles. The van der Waals surface area contributed by atoms with Crippen LogP contribution in [0.2, 0.25) is 0 Å². The molecule has 0 radical (unpaired) electrons. The molecule has 0 spiro atoms. The van der Waals surface area contributed by atoms with Gasteiger partial charge in [0.15, 0.2) is 0 Å². The van der Waals surface area contributed by atoms with Gasteiger partial charge in [-0.1, -0.05) is 20.8 Å². The Morgan fingerprint density at radius 2 is 1.86 bits per heavy atom. The summed E-state index contributed by atoms with van der Waals surface area (Å²) in [4.78, 5) is 0. The Labute approximate surface area is 86.8 Å². The highest BCUT2D eigenvalue weighted by atomic mass is 32.2. The van der Waals surface area contributed by atoms with E-state index in [1.165, 1.54) is 6.26 Å². The standard InChI is InChI=1S/C10H20O3S/c1-10(2,3)9-7-8(5-6-13-9)14(4,11)12/h8-9H,5-7H2,1-4H3. The zero-order valence-corrected chi connectivity index (χ0v) is 10.2. The van der Waals surface area contributed by atoms with Crippen LogP contribution in [0.4, 0.5) is 0 Å². The van der Waals surface area contributed by atoms with E-state index >= 15 is 0 Å². The first-order chi connectivity index (χ1) is 6.21. The molecule has 2 unspecified atom stereocenters. The summed E-state index contributed by atoms with van der Waals surface area (Å²) in [5.74, 6) is 0. The highest BCUT2D eigenvalue weighted by molar-refractivity contribution is 7.91. The van der Waals surface area contributed by atoms with Gasteiger partial charge in [-0.25, -0.2) is 8.42 Å². The van der Waals surface area contributed by atoms with Gasteiger partial charge in [-0.15, -0.1) is 0 Å². The van der Waals surface area contributed by atoms with E-state index in [2.05, 4.69) is 20.8 Å². The predicted molar refractivity (Wildman–Crippen MR) is 57.1 cm³/mol. The lowest BCUT2D eigenvalue weighted by Crippen LogP contribution is -2.40. The molecule has 1 aliphatic rings. The van der Waals surface area contributed by atoms with Crippen LogP contribution in [0.25, 0.3) is 0 Å². The van der Waals surface area contributed by atoms with Gasteiger partial charge in [0.1, 0.15) is 9.84 Å². The summed E-state index contributed by atoms with van der Waals surface area (Å²) in [6.07, 6.45) is 2.67. The van der Waals surface area contributed by atoms with Crippen LogP contribution in [-0.4, -0.2) is 32.6 Å². The molecule has 1 fully saturated rings. The molecule has 14 heavy (non-hydrogen) atoms. The molecule has 1 saturated heterocycles. The molecule has 1 aliphatic heterocycles. The maximum absolute atomic E-state index is 11.4. The molecule has 4 heteroatoms. The van der Waals surface area contributed by atoms with Crippen LogP contribution in [0, 0.1) is 5.41 Å². The van der Waals surface area contributed by atoms with Crippen molar-refractivity contribution in [1.82, 2.24) is 0 Å². The minimum atomic E-state index is -2.90. The molecular formula is C10H20O3S. The highest BCUT2D eigenvalue weighted by Crippen LogP contribution is 2.31. The second kappa shape index (κ2) is 3.81. The first-order valence-corrected chi connectivity index (χ1v) is 6.97. The molecule has 0 bridgehead atoms. The molecule has 0 aliphatic carbocycles. The van der Waals surface area contributed by atoms with Crippen LogP contribution in [0.15, 0.2) is 0 Å². The Bertz CT molecular complexity index is 287.